The fourth-order valence-electron chi connectivity index (χ4n) is 3.28. The molecule has 158 valence electrons. The Morgan fingerprint density at radius 1 is 1.35 bits per heavy atom. The van der Waals surface area contributed by atoms with Crippen LogP contribution in [0.2, 0.25) is 0 Å². The molecular formula is C21H19N5O4S. The molecule has 0 saturated heterocycles. The average molecular weight is 437 g/mol. The second-order valence-corrected chi connectivity index (χ2v) is 7.66. The van der Waals surface area contributed by atoms with Gasteiger partial charge in [0.05, 0.1) is 36.6 Å². The van der Waals surface area contributed by atoms with Crippen molar-refractivity contribution < 1.29 is 19.1 Å². The second-order valence-electron chi connectivity index (χ2n) is 6.66. The maximum Gasteiger partial charge on any atom is 0.259 e. The number of primary amides is 1. The van der Waals surface area contributed by atoms with Gasteiger partial charge < -0.3 is 31.0 Å². The third kappa shape index (κ3) is 3.89. The number of hydrogen-bond donors (Lipinski definition) is 4. The van der Waals surface area contributed by atoms with Gasteiger partial charge in [-0.25, -0.2) is 4.98 Å². The van der Waals surface area contributed by atoms with Crippen molar-refractivity contribution in [3.8, 4) is 28.7 Å². The number of aliphatic hydroxyl groups is 1. The summed E-state index contributed by atoms with van der Waals surface area (Å²) >= 11 is 1.11. The highest BCUT2D eigenvalue weighted by Gasteiger charge is 2.25. The van der Waals surface area contributed by atoms with Crippen molar-refractivity contribution in [1.29, 1.82) is 5.26 Å². The van der Waals surface area contributed by atoms with Crippen LogP contribution in [0.5, 0.6) is 0 Å². The topological polar surface area (TPSA) is 160 Å². The first-order valence-corrected chi connectivity index (χ1v) is 10.2. The summed E-state index contributed by atoms with van der Waals surface area (Å²) in [6.07, 6.45) is 0. The minimum atomic E-state index is -0.638. The minimum absolute atomic E-state index is 0.0633. The Hall–Kier alpha value is -3.65. The molecule has 0 unspecified atom stereocenters. The van der Waals surface area contributed by atoms with Crippen molar-refractivity contribution in [2.45, 2.75) is 0 Å². The number of nitrogens with zero attached hydrogens (tertiary/aromatic N) is 2. The van der Waals surface area contributed by atoms with Gasteiger partial charge in [0, 0.05) is 17.5 Å². The molecule has 3 heterocycles. The first-order chi connectivity index (χ1) is 15.0. The molecular weight excluding hydrogens is 418 g/mol. The number of nitrogen functional groups attached to an aromatic ring is 1. The first-order valence-electron chi connectivity index (χ1n) is 9.41. The minimum Gasteiger partial charge on any atom is -0.454 e. The summed E-state index contributed by atoms with van der Waals surface area (Å²) in [5.41, 5.74) is 13.8. The number of carbonyl (C=O) groups is 1. The van der Waals surface area contributed by atoms with Crippen LogP contribution in [0.3, 0.4) is 0 Å². The molecule has 31 heavy (non-hydrogen) atoms. The Morgan fingerprint density at radius 3 is 2.94 bits per heavy atom. The van der Waals surface area contributed by atoms with Crippen LogP contribution in [0.1, 0.15) is 15.2 Å². The van der Waals surface area contributed by atoms with Gasteiger partial charge in [0.15, 0.2) is 5.76 Å². The Bertz CT molecular complexity index is 1270. The van der Waals surface area contributed by atoms with Gasteiger partial charge in [0.1, 0.15) is 27.4 Å². The third-order valence-electron chi connectivity index (χ3n) is 4.62. The average Bonchev–Trinajstić information content (AvgIpc) is 3.35. The Labute approximate surface area is 181 Å². The van der Waals surface area contributed by atoms with Gasteiger partial charge in [-0.05, 0) is 18.2 Å². The van der Waals surface area contributed by atoms with E-state index in [1.807, 2.05) is 12.1 Å². The summed E-state index contributed by atoms with van der Waals surface area (Å²) in [6.45, 7) is 0.896. The van der Waals surface area contributed by atoms with E-state index in [-0.39, 0.29) is 23.7 Å². The number of ether oxygens (including phenoxy) is 1. The number of nitrogens with one attached hydrogen (secondary N) is 1. The van der Waals surface area contributed by atoms with Crippen molar-refractivity contribution >= 4 is 39.0 Å². The number of pyridine rings is 1. The quantitative estimate of drug-likeness (QED) is 0.306. The second kappa shape index (κ2) is 8.61. The molecule has 0 fully saturated rings. The fraction of sp³-hybridized carbons (Fsp3) is 0.190. The molecule has 1 aliphatic heterocycles. The van der Waals surface area contributed by atoms with Crippen LogP contribution in [0.4, 0.5) is 11.5 Å². The van der Waals surface area contributed by atoms with E-state index < -0.39 is 5.91 Å². The normalized spacial score (nSPS) is 11.1. The number of nitrogens with two attached hydrogens (primary N) is 2. The van der Waals surface area contributed by atoms with Gasteiger partial charge in [-0.3, -0.25) is 4.79 Å². The Balaban J connectivity index is 1.83. The SMILES string of the molecule is N#Cc1cc2c(-c3oc4cccc-4cc3N)c(C(N)=O)sc2nc1NCCOCCO. The Kier molecular flexibility index (Phi) is 5.73. The highest BCUT2D eigenvalue weighted by atomic mass is 32.1. The summed E-state index contributed by atoms with van der Waals surface area (Å²) in [7, 11) is 0. The van der Waals surface area contributed by atoms with Crippen LogP contribution in [0.15, 0.2) is 34.7 Å². The van der Waals surface area contributed by atoms with Crippen molar-refractivity contribution in [2.24, 2.45) is 5.73 Å². The number of aromatic nitrogens is 1. The number of anilines is 2. The molecule has 0 atom stereocenters. The van der Waals surface area contributed by atoms with E-state index in [1.54, 1.807) is 18.2 Å². The van der Waals surface area contributed by atoms with Gasteiger partial charge in [-0.15, -0.1) is 11.3 Å². The number of rotatable bonds is 8. The van der Waals surface area contributed by atoms with Crippen molar-refractivity contribution in [2.75, 3.05) is 37.4 Å². The molecule has 2 aromatic heterocycles. The van der Waals surface area contributed by atoms with Gasteiger partial charge in [-0.1, -0.05) is 12.1 Å². The molecule has 0 spiro atoms. The van der Waals surface area contributed by atoms with Crippen LogP contribution in [0, 0.1) is 11.3 Å². The van der Waals surface area contributed by atoms with E-state index in [0.29, 0.717) is 52.0 Å². The lowest BCUT2D eigenvalue weighted by Crippen LogP contribution is -2.13. The largest absolute Gasteiger partial charge is 0.454 e. The number of carbonyl (C=O) groups excluding carboxylic acids is 1. The molecule has 2 aliphatic rings. The lowest BCUT2D eigenvalue weighted by Gasteiger charge is -2.10. The van der Waals surface area contributed by atoms with Crippen LogP contribution in [-0.4, -0.2) is 42.4 Å². The van der Waals surface area contributed by atoms with E-state index in [1.165, 1.54) is 0 Å². The highest BCUT2D eigenvalue weighted by molar-refractivity contribution is 7.21. The first kappa shape index (κ1) is 20.6. The van der Waals surface area contributed by atoms with E-state index >= 15 is 0 Å². The van der Waals surface area contributed by atoms with Crippen molar-refractivity contribution in [3.63, 3.8) is 0 Å². The fourth-order valence-corrected chi connectivity index (χ4v) is 4.28. The molecule has 0 aromatic carbocycles. The van der Waals surface area contributed by atoms with Gasteiger partial charge >= 0.3 is 0 Å². The number of nitriles is 1. The van der Waals surface area contributed by atoms with Crippen LogP contribution in [-0.2, 0) is 4.74 Å². The lowest BCUT2D eigenvalue weighted by molar-refractivity contribution is 0.0992. The number of hydrogen-bond acceptors (Lipinski definition) is 9. The number of amides is 1. The summed E-state index contributed by atoms with van der Waals surface area (Å²) < 4.78 is 11.2. The molecule has 2 aromatic rings. The number of fused-ring (bicyclic) bond motifs is 2. The number of aliphatic hydroxyl groups excluding tert-OH is 1. The molecule has 0 bridgehead atoms. The predicted octanol–water partition coefficient (Wildman–Crippen LogP) is 2.63. The monoisotopic (exact) mass is 437 g/mol. The molecule has 4 rings (SSSR count). The van der Waals surface area contributed by atoms with Gasteiger partial charge in [0.25, 0.3) is 5.91 Å². The predicted molar refractivity (Wildman–Crippen MR) is 118 cm³/mol. The van der Waals surface area contributed by atoms with Crippen LogP contribution >= 0.6 is 11.3 Å². The lowest BCUT2D eigenvalue weighted by atomic mass is 10.0. The maximum atomic E-state index is 12.2. The number of thiophene rings is 1. The van der Waals surface area contributed by atoms with Crippen molar-refractivity contribution in [1.82, 2.24) is 4.98 Å². The van der Waals surface area contributed by atoms with Crippen LogP contribution < -0.4 is 16.8 Å². The van der Waals surface area contributed by atoms with Gasteiger partial charge in [-0.2, -0.15) is 5.26 Å². The molecule has 6 N–H and O–H groups in total. The third-order valence-corrected chi connectivity index (χ3v) is 5.74. The Morgan fingerprint density at radius 2 is 2.19 bits per heavy atom. The summed E-state index contributed by atoms with van der Waals surface area (Å²) in [4.78, 5) is 17.5. The molecule has 0 saturated carbocycles. The van der Waals surface area contributed by atoms with E-state index in [0.717, 1.165) is 16.9 Å². The van der Waals surface area contributed by atoms with E-state index in [4.69, 9.17) is 25.7 Å². The zero-order valence-electron chi connectivity index (χ0n) is 16.3. The summed E-state index contributed by atoms with van der Waals surface area (Å²) in [5, 5.41) is 22.0. The molecule has 9 nitrogen and oxygen atoms in total. The van der Waals surface area contributed by atoms with Crippen molar-refractivity contribution in [3.05, 3.63) is 40.8 Å². The standard InChI is InChI=1S/C21H19N5O4S/c22-10-12-8-13-16(17-14(23)9-11-2-1-3-15(11)30-17)18(19(24)28)31-21(13)26-20(12)25-4-6-29-7-5-27/h1-3,8-9,27H,4-7,23H2,(H2,24,28)(H,25,26). The molecule has 1 amide bonds. The zero-order valence-corrected chi connectivity index (χ0v) is 17.2. The summed E-state index contributed by atoms with van der Waals surface area (Å²) in [6, 6.07) is 11.0. The van der Waals surface area contributed by atoms with E-state index in [9.17, 15) is 10.1 Å². The molecule has 0 radical (unpaired) electrons. The molecule has 1 aliphatic carbocycles. The highest BCUT2D eigenvalue weighted by Crippen LogP contribution is 2.43. The van der Waals surface area contributed by atoms with E-state index in [2.05, 4.69) is 16.4 Å². The van der Waals surface area contributed by atoms with Crippen LogP contribution in [0.25, 0.3) is 32.9 Å². The van der Waals surface area contributed by atoms with Gasteiger partial charge in [0.2, 0.25) is 0 Å². The zero-order chi connectivity index (χ0) is 22.0. The molecule has 10 heteroatoms. The maximum absolute atomic E-state index is 12.2. The smallest absolute Gasteiger partial charge is 0.259 e. The summed E-state index contributed by atoms with van der Waals surface area (Å²) in [5.74, 6) is 0.652.